The summed E-state index contributed by atoms with van der Waals surface area (Å²) in [5.74, 6) is -1.95. The Morgan fingerprint density at radius 1 is 0.833 bits per heavy atom. The van der Waals surface area contributed by atoms with Gasteiger partial charge in [0.1, 0.15) is 10.7 Å². The molecule has 0 bridgehead atoms. The molecule has 3 aromatic rings. The Balaban J connectivity index is 1.47. The van der Waals surface area contributed by atoms with Crippen LogP contribution in [0.15, 0.2) is 82.4 Å². The predicted octanol–water partition coefficient (Wildman–Crippen LogP) is 4.33. The van der Waals surface area contributed by atoms with Gasteiger partial charge in [0, 0.05) is 16.9 Å². The number of rotatable bonds is 6. The van der Waals surface area contributed by atoms with Gasteiger partial charge < -0.3 is 10.6 Å². The van der Waals surface area contributed by atoms with E-state index < -0.39 is 27.7 Å². The highest BCUT2D eigenvalue weighted by molar-refractivity contribution is 7.89. The number of carbonyl (C=O) groups excluding carboxylic acids is 3. The minimum absolute atomic E-state index is 0.0289. The van der Waals surface area contributed by atoms with Gasteiger partial charge in [-0.2, -0.15) is 0 Å². The molecule has 13 heteroatoms. The van der Waals surface area contributed by atoms with Gasteiger partial charge in [-0.1, -0.05) is 40.9 Å². The third kappa shape index (κ3) is 5.08. The molecule has 3 amide bonds. The van der Waals surface area contributed by atoms with Gasteiger partial charge in [0.2, 0.25) is 10.0 Å². The van der Waals surface area contributed by atoms with Crippen LogP contribution in [-0.2, 0) is 19.6 Å². The van der Waals surface area contributed by atoms with Crippen LogP contribution in [0.1, 0.15) is 10.4 Å². The normalized spacial score (nSPS) is 13.8. The number of nitrogens with two attached hydrogens (primary N) is 1. The number of hydrogen-bond acceptors (Lipinski definition) is 6. The smallest absolute Gasteiger partial charge is 0.283 e. The maximum Gasteiger partial charge on any atom is 0.283 e. The number of nitrogens with one attached hydrogen (secondary N) is 2. The van der Waals surface area contributed by atoms with Crippen molar-refractivity contribution in [2.45, 2.75) is 4.90 Å². The number of nitrogens with zero attached hydrogens (tertiary/aromatic N) is 1. The zero-order valence-corrected chi connectivity index (χ0v) is 21.0. The number of benzene rings is 3. The molecule has 0 saturated heterocycles. The van der Waals surface area contributed by atoms with Crippen molar-refractivity contribution in [2.24, 2.45) is 5.14 Å². The van der Waals surface area contributed by atoms with Gasteiger partial charge in [-0.25, -0.2) is 18.5 Å². The molecule has 0 atom stereocenters. The fourth-order valence-corrected chi connectivity index (χ4v) is 4.38. The number of primary sulfonamides is 1. The van der Waals surface area contributed by atoms with Crippen LogP contribution in [0.25, 0.3) is 0 Å². The Morgan fingerprint density at radius 3 is 2.06 bits per heavy atom. The van der Waals surface area contributed by atoms with Gasteiger partial charge in [0.05, 0.1) is 20.6 Å². The van der Waals surface area contributed by atoms with Gasteiger partial charge in [-0.15, -0.1) is 0 Å². The molecule has 1 heterocycles. The average Bonchev–Trinajstić information content (AvgIpc) is 3.04. The molecule has 0 fully saturated rings. The lowest BCUT2D eigenvalue weighted by atomic mass is 10.2. The van der Waals surface area contributed by atoms with Crippen molar-refractivity contribution in [2.75, 3.05) is 15.5 Å². The Morgan fingerprint density at radius 2 is 1.44 bits per heavy atom. The molecular formula is C23H15Cl3N4O5S. The second kappa shape index (κ2) is 9.92. The molecule has 3 aromatic carbocycles. The Labute approximate surface area is 220 Å². The molecule has 4 N–H and O–H groups in total. The molecule has 1 aliphatic rings. The van der Waals surface area contributed by atoms with Crippen LogP contribution in [0.4, 0.5) is 17.1 Å². The maximum atomic E-state index is 12.9. The van der Waals surface area contributed by atoms with E-state index in [4.69, 9.17) is 39.9 Å². The molecule has 0 spiro atoms. The van der Waals surface area contributed by atoms with E-state index in [1.54, 1.807) is 6.07 Å². The van der Waals surface area contributed by atoms with Crippen molar-refractivity contribution in [3.63, 3.8) is 0 Å². The first-order chi connectivity index (χ1) is 17.0. The fraction of sp³-hybridized carbons (Fsp3) is 0. The molecule has 36 heavy (non-hydrogen) atoms. The molecule has 0 radical (unpaired) electrons. The predicted molar refractivity (Wildman–Crippen MR) is 138 cm³/mol. The van der Waals surface area contributed by atoms with Crippen molar-refractivity contribution in [1.29, 1.82) is 0 Å². The van der Waals surface area contributed by atoms with Crippen molar-refractivity contribution in [3.8, 4) is 0 Å². The van der Waals surface area contributed by atoms with Gasteiger partial charge in [-0.05, 0) is 60.7 Å². The molecule has 9 nitrogen and oxygen atoms in total. The largest absolute Gasteiger partial charge is 0.350 e. The first-order valence-electron chi connectivity index (χ1n) is 10.0. The third-order valence-electron chi connectivity index (χ3n) is 5.06. The average molecular weight is 566 g/mol. The van der Waals surface area contributed by atoms with Gasteiger partial charge in [0.15, 0.2) is 0 Å². The molecule has 4 rings (SSSR count). The van der Waals surface area contributed by atoms with Crippen LogP contribution in [-0.4, -0.2) is 26.1 Å². The minimum atomic E-state index is -3.84. The highest BCUT2D eigenvalue weighted by atomic mass is 35.5. The Bertz CT molecular complexity index is 1540. The molecule has 0 unspecified atom stereocenters. The summed E-state index contributed by atoms with van der Waals surface area (Å²) in [7, 11) is -3.84. The van der Waals surface area contributed by atoms with Crippen LogP contribution in [0.2, 0.25) is 10.0 Å². The summed E-state index contributed by atoms with van der Waals surface area (Å²) >= 11 is 18.3. The summed E-state index contributed by atoms with van der Waals surface area (Å²) in [6.07, 6.45) is 0. The van der Waals surface area contributed by atoms with Crippen molar-refractivity contribution < 1.29 is 22.8 Å². The Kier molecular flexibility index (Phi) is 7.07. The van der Waals surface area contributed by atoms with Crippen LogP contribution in [0.3, 0.4) is 0 Å². The van der Waals surface area contributed by atoms with E-state index in [2.05, 4.69) is 10.6 Å². The lowest BCUT2D eigenvalue weighted by Gasteiger charge is -2.17. The molecule has 0 aromatic heterocycles. The second-order valence-electron chi connectivity index (χ2n) is 7.43. The van der Waals surface area contributed by atoms with Gasteiger partial charge >= 0.3 is 0 Å². The number of imide groups is 1. The number of anilines is 3. The second-order valence-corrected chi connectivity index (χ2v) is 10.2. The third-order valence-corrected chi connectivity index (χ3v) is 7.15. The van der Waals surface area contributed by atoms with Gasteiger partial charge in [-0.3, -0.25) is 14.4 Å². The number of sulfonamides is 1. The molecule has 184 valence electrons. The van der Waals surface area contributed by atoms with Crippen molar-refractivity contribution in [1.82, 2.24) is 0 Å². The van der Waals surface area contributed by atoms with Gasteiger partial charge in [0.25, 0.3) is 17.7 Å². The van der Waals surface area contributed by atoms with E-state index in [9.17, 15) is 22.8 Å². The van der Waals surface area contributed by atoms with Crippen molar-refractivity contribution >= 4 is 79.6 Å². The first-order valence-corrected chi connectivity index (χ1v) is 12.7. The topological polar surface area (TPSA) is 139 Å². The van der Waals surface area contributed by atoms with E-state index in [1.165, 1.54) is 60.7 Å². The SMILES string of the molecule is NS(=O)(=O)c1ccc(NC(=O)c2ccc(NC3=C(Cl)C(=O)N(c4cccc(Cl)c4Cl)C3=O)cc2)cc1. The number of hydrogen-bond donors (Lipinski definition) is 3. The number of carbonyl (C=O) groups is 3. The molecule has 1 aliphatic heterocycles. The Hall–Kier alpha value is -3.41. The van der Waals surface area contributed by atoms with E-state index >= 15 is 0 Å². The first kappa shape index (κ1) is 25.7. The maximum absolute atomic E-state index is 12.9. The molecular weight excluding hydrogens is 551 g/mol. The van der Waals surface area contributed by atoms with E-state index in [0.29, 0.717) is 11.4 Å². The zero-order chi connectivity index (χ0) is 26.2. The fourth-order valence-electron chi connectivity index (χ4n) is 3.28. The summed E-state index contributed by atoms with van der Waals surface area (Å²) < 4.78 is 22.7. The lowest BCUT2D eigenvalue weighted by molar-refractivity contribution is -0.120. The summed E-state index contributed by atoms with van der Waals surface area (Å²) in [6.45, 7) is 0. The zero-order valence-electron chi connectivity index (χ0n) is 18.0. The monoisotopic (exact) mass is 564 g/mol. The van der Waals surface area contributed by atoms with E-state index in [0.717, 1.165) is 4.90 Å². The quantitative estimate of drug-likeness (QED) is 0.380. The molecule has 0 aliphatic carbocycles. The van der Waals surface area contributed by atoms with Crippen LogP contribution >= 0.6 is 34.8 Å². The number of halogens is 3. The standard InChI is InChI=1S/C23H15Cl3N4O5S/c24-16-2-1-3-17(18(16)25)30-22(32)19(26)20(23(30)33)28-13-6-4-12(5-7-13)21(31)29-14-8-10-15(11-9-14)36(27,34)35/h1-11,28H,(H,29,31)(H2,27,34,35). The highest BCUT2D eigenvalue weighted by Crippen LogP contribution is 2.37. The summed E-state index contributed by atoms with van der Waals surface area (Å²) in [6, 6.07) is 15.9. The summed E-state index contributed by atoms with van der Waals surface area (Å²) in [4.78, 5) is 38.9. The van der Waals surface area contributed by atoms with Crippen LogP contribution in [0, 0.1) is 0 Å². The summed E-state index contributed by atoms with van der Waals surface area (Å²) in [5.41, 5.74) is 0.958. The van der Waals surface area contributed by atoms with E-state index in [1.807, 2.05) is 0 Å². The van der Waals surface area contributed by atoms with Crippen LogP contribution in [0.5, 0.6) is 0 Å². The lowest BCUT2D eigenvalue weighted by Crippen LogP contribution is -2.32. The highest BCUT2D eigenvalue weighted by Gasteiger charge is 2.40. The van der Waals surface area contributed by atoms with Crippen LogP contribution < -0.4 is 20.7 Å². The minimum Gasteiger partial charge on any atom is -0.350 e. The van der Waals surface area contributed by atoms with E-state index in [-0.39, 0.29) is 36.9 Å². The summed E-state index contributed by atoms with van der Waals surface area (Å²) in [5, 5.41) is 10.4. The van der Waals surface area contributed by atoms with Crippen molar-refractivity contribution in [3.05, 3.63) is 93.1 Å². The number of amides is 3. The molecule has 0 saturated carbocycles.